The van der Waals surface area contributed by atoms with Crippen molar-refractivity contribution >= 4 is 40.8 Å². The zero-order valence-electron chi connectivity index (χ0n) is 16.6. The summed E-state index contributed by atoms with van der Waals surface area (Å²) >= 11 is 12.3. The average molecular weight is 467 g/mol. The Hall–Kier alpha value is -2.97. The van der Waals surface area contributed by atoms with Gasteiger partial charge in [0.2, 0.25) is 5.88 Å². The Morgan fingerprint density at radius 3 is 2.39 bits per heavy atom. The largest absolute Gasteiger partial charge is 0.487 e. The van der Waals surface area contributed by atoms with E-state index in [2.05, 4.69) is 4.98 Å². The van der Waals surface area contributed by atoms with Gasteiger partial charge in [-0.15, -0.1) is 0 Å². The monoisotopic (exact) mass is 466 g/mol. The van der Waals surface area contributed by atoms with Crippen LogP contribution in [0.1, 0.15) is 17.5 Å². The summed E-state index contributed by atoms with van der Waals surface area (Å²) in [5.74, 6) is -0.414. The van der Waals surface area contributed by atoms with E-state index in [4.69, 9.17) is 37.8 Å². The number of rotatable bonds is 7. The number of pyridine rings is 1. The van der Waals surface area contributed by atoms with Crippen LogP contribution in [0.2, 0.25) is 10.0 Å². The van der Waals surface area contributed by atoms with E-state index in [1.165, 1.54) is 6.20 Å². The number of ether oxygens (including phenoxy) is 2. The fourth-order valence-corrected chi connectivity index (χ4v) is 3.91. The molecule has 0 atom stereocenters. The molecule has 31 heavy (non-hydrogen) atoms. The lowest BCUT2D eigenvalue weighted by Crippen LogP contribution is -2.37. The molecule has 2 N–H and O–H groups in total. The number of hydrogen-bond acceptors (Lipinski definition) is 5. The molecule has 1 aliphatic heterocycles. The van der Waals surface area contributed by atoms with Crippen molar-refractivity contribution in [3.63, 3.8) is 0 Å². The minimum Gasteiger partial charge on any atom is -0.487 e. The number of amides is 1. The Labute approximate surface area is 188 Å². The first kappa shape index (κ1) is 22.7. The number of aromatic nitrogens is 1. The van der Waals surface area contributed by atoms with Crippen LogP contribution in [0.15, 0.2) is 36.0 Å². The third kappa shape index (κ3) is 5.59. The maximum absolute atomic E-state index is 11.6. The Balaban J connectivity index is 1.61. The highest BCUT2D eigenvalue weighted by molar-refractivity contribution is 6.37. The van der Waals surface area contributed by atoms with Gasteiger partial charge in [-0.1, -0.05) is 23.2 Å². The highest BCUT2D eigenvalue weighted by Crippen LogP contribution is 2.34. The van der Waals surface area contributed by atoms with Gasteiger partial charge in [0.05, 0.1) is 22.2 Å². The number of carboxylic acids is 1. The Morgan fingerprint density at radius 1 is 1.13 bits per heavy atom. The van der Waals surface area contributed by atoms with Crippen molar-refractivity contribution in [2.24, 2.45) is 0 Å². The van der Waals surface area contributed by atoms with Gasteiger partial charge in [-0.05, 0) is 48.2 Å². The van der Waals surface area contributed by atoms with Gasteiger partial charge in [0.25, 0.3) is 0 Å². The molecule has 0 unspecified atom stereocenters. The van der Waals surface area contributed by atoms with Gasteiger partial charge in [0.1, 0.15) is 13.2 Å². The van der Waals surface area contributed by atoms with Crippen LogP contribution in [0.25, 0.3) is 5.57 Å². The summed E-state index contributed by atoms with van der Waals surface area (Å²) in [5, 5.41) is 19.4. The molecule has 0 bridgehead atoms. The highest BCUT2D eigenvalue weighted by atomic mass is 35.5. The Kier molecular flexibility index (Phi) is 7.25. The standard InChI is InChI=1S/C21H20Cl2N2O6/c1-12-8-16(22)19(17(23)9-12)31-7-6-30-18-3-2-13(10-24-18)14-4-5-25(21(28)29)11-15(14)20(26)27/h2-3,8-10H,4-7,11H2,1H3,(H,26,27)(H,28,29). The van der Waals surface area contributed by atoms with Crippen molar-refractivity contribution in [2.75, 3.05) is 26.3 Å². The maximum atomic E-state index is 11.6. The second-order valence-electron chi connectivity index (χ2n) is 6.86. The van der Waals surface area contributed by atoms with Gasteiger partial charge in [0.15, 0.2) is 5.75 Å². The van der Waals surface area contributed by atoms with Crippen molar-refractivity contribution in [2.45, 2.75) is 13.3 Å². The van der Waals surface area contributed by atoms with E-state index < -0.39 is 12.1 Å². The predicted molar refractivity (Wildman–Crippen MR) is 115 cm³/mol. The van der Waals surface area contributed by atoms with Crippen LogP contribution >= 0.6 is 23.2 Å². The average Bonchev–Trinajstić information content (AvgIpc) is 2.72. The summed E-state index contributed by atoms with van der Waals surface area (Å²) < 4.78 is 11.1. The van der Waals surface area contributed by atoms with Crippen LogP contribution in [0.3, 0.4) is 0 Å². The second-order valence-corrected chi connectivity index (χ2v) is 7.67. The molecule has 1 amide bonds. The molecule has 0 aliphatic carbocycles. The molecule has 0 fully saturated rings. The lowest BCUT2D eigenvalue weighted by Gasteiger charge is -2.27. The summed E-state index contributed by atoms with van der Waals surface area (Å²) in [4.78, 5) is 28.0. The number of benzene rings is 1. The molecule has 0 saturated heterocycles. The summed E-state index contributed by atoms with van der Waals surface area (Å²) in [6, 6.07) is 6.83. The van der Waals surface area contributed by atoms with E-state index in [9.17, 15) is 14.7 Å². The van der Waals surface area contributed by atoms with Gasteiger partial charge < -0.3 is 24.6 Å². The van der Waals surface area contributed by atoms with Crippen LogP contribution < -0.4 is 9.47 Å². The number of hydrogen-bond donors (Lipinski definition) is 2. The first-order valence-corrected chi connectivity index (χ1v) is 10.1. The zero-order valence-corrected chi connectivity index (χ0v) is 18.1. The molecule has 0 radical (unpaired) electrons. The van der Waals surface area contributed by atoms with Crippen LogP contribution in [0.5, 0.6) is 11.6 Å². The fraction of sp³-hybridized carbons (Fsp3) is 0.286. The van der Waals surface area contributed by atoms with Crippen molar-refractivity contribution in [1.82, 2.24) is 9.88 Å². The number of aliphatic carboxylic acids is 1. The minimum absolute atomic E-state index is 0.0457. The van der Waals surface area contributed by atoms with Crippen LogP contribution in [0, 0.1) is 6.92 Å². The molecule has 2 heterocycles. The molecule has 164 valence electrons. The smallest absolute Gasteiger partial charge is 0.407 e. The maximum Gasteiger partial charge on any atom is 0.407 e. The van der Waals surface area contributed by atoms with Gasteiger partial charge in [-0.25, -0.2) is 14.6 Å². The Bertz CT molecular complexity index is 1000. The minimum atomic E-state index is -1.15. The van der Waals surface area contributed by atoms with Crippen LogP contribution in [-0.4, -0.2) is 58.5 Å². The molecule has 1 aromatic carbocycles. The number of carboxylic acid groups (broad SMARTS) is 2. The first-order chi connectivity index (χ1) is 14.8. The van der Waals surface area contributed by atoms with E-state index in [0.717, 1.165) is 10.5 Å². The fourth-order valence-electron chi connectivity index (χ4n) is 3.20. The van der Waals surface area contributed by atoms with Crippen molar-refractivity contribution < 1.29 is 29.3 Å². The lowest BCUT2D eigenvalue weighted by molar-refractivity contribution is -0.132. The summed E-state index contributed by atoms with van der Waals surface area (Å²) in [6.45, 7) is 2.33. The van der Waals surface area contributed by atoms with E-state index in [1.54, 1.807) is 24.3 Å². The van der Waals surface area contributed by atoms with Gasteiger partial charge in [-0.2, -0.15) is 0 Å². The van der Waals surface area contributed by atoms with Crippen LogP contribution in [0.4, 0.5) is 4.79 Å². The quantitative estimate of drug-likeness (QED) is 0.582. The number of halogens is 2. The van der Waals surface area contributed by atoms with Gasteiger partial charge in [0, 0.05) is 18.8 Å². The molecule has 8 nitrogen and oxygen atoms in total. The third-order valence-electron chi connectivity index (χ3n) is 4.68. The van der Waals surface area contributed by atoms with E-state index in [-0.39, 0.29) is 31.9 Å². The second kappa shape index (κ2) is 9.89. The molecule has 10 heteroatoms. The third-order valence-corrected chi connectivity index (χ3v) is 5.24. The van der Waals surface area contributed by atoms with E-state index in [1.807, 2.05) is 6.92 Å². The summed E-state index contributed by atoms with van der Waals surface area (Å²) in [6.07, 6.45) is 0.662. The first-order valence-electron chi connectivity index (χ1n) is 9.37. The molecule has 3 rings (SSSR count). The molecular weight excluding hydrogens is 447 g/mol. The molecule has 1 aliphatic rings. The lowest BCUT2D eigenvalue weighted by atomic mass is 9.94. The molecular formula is C21H20Cl2N2O6. The normalized spacial score (nSPS) is 13.8. The molecule has 0 saturated carbocycles. The number of aryl methyl sites for hydroxylation is 1. The predicted octanol–water partition coefficient (Wildman–Crippen LogP) is 4.38. The van der Waals surface area contributed by atoms with Crippen LogP contribution in [-0.2, 0) is 4.79 Å². The van der Waals surface area contributed by atoms with E-state index >= 15 is 0 Å². The van der Waals surface area contributed by atoms with Gasteiger partial charge in [-0.3, -0.25) is 0 Å². The molecule has 2 aromatic rings. The summed E-state index contributed by atoms with van der Waals surface area (Å²) in [5.41, 5.74) is 2.15. The highest BCUT2D eigenvalue weighted by Gasteiger charge is 2.27. The zero-order chi connectivity index (χ0) is 22.5. The SMILES string of the molecule is Cc1cc(Cl)c(OCCOc2ccc(C3=C(C(=O)O)CN(C(=O)O)CC3)cn2)c(Cl)c1. The van der Waals surface area contributed by atoms with E-state index in [0.29, 0.717) is 39.2 Å². The molecule has 0 spiro atoms. The summed E-state index contributed by atoms with van der Waals surface area (Å²) in [7, 11) is 0. The number of carbonyl (C=O) groups is 2. The topological polar surface area (TPSA) is 109 Å². The number of nitrogens with zero attached hydrogens (tertiary/aromatic N) is 2. The molecule has 1 aromatic heterocycles. The van der Waals surface area contributed by atoms with Crippen molar-refractivity contribution in [3.8, 4) is 11.6 Å². The Morgan fingerprint density at radius 2 is 1.81 bits per heavy atom. The van der Waals surface area contributed by atoms with Crippen molar-refractivity contribution in [1.29, 1.82) is 0 Å². The van der Waals surface area contributed by atoms with Gasteiger partial charge >= 0.3 is 12.1 Å². The van der Waals surface area contributed by atoms with Crippen molar-refractivity contribution in [3.05, 3.63) is 57.2 Å².